The number of carbonyl (C=O) groups excluding carboxylic acids is 1. The van der Waals surface area contributed by atoms with E-state index in [0.29, 0.717) is 22.4 Å². The molecule has 0 heterocycles. The van der Waals surface area contributed by atoms with Crippen LogP contribution in [-0.2, 0) is 4.79 Å². The normalized spacial score (nSPS) is 13.1. The molecule has 35 heavy (non-hydrogen) atoms. The molecule has 6 nitrogen and oxygen atoms in total. The fourth-order valence-electron chi connectivity index (χ4n) is 4.38. The number of carboxylic acids is 1. The monoisotopic (exact) mass is 498 g/mol. The maximum absolute atomic E-state index is 13.7. The molecule has 0 aliphatic rings. The van der Waals surface area contributed by atoms with Crippen molar-refractivity contribution in [3.8, 4) is 22.6 Å². The number of aliphatic hydroxyl groups excluding tert-OH is 2. The number of phenolic OH excluding ortho intramolecular Hbond substituents is 1. The Bertz CT molecular complexity index is 988. The maximum atomic E-state index is 13.7. The van der Waals surface area contributed by atoms with E-state index in [-0.39, 0.29) is 71.9 Å². The molecule has 0 spiro atoms. The number of carboxylic acid groups (broad SMARTS) is 1. The van der Waals surface area contributed by atoms with Crippen LogP contribution in [0.2, 0.25) is 0 Å². The first kappa shape index (κ1) is 31.4. The third-order valence-corrected chi connectivity index (χ3v) is 5.77. The first-order valence-electron chi connectivity index (χ1n) is 11.7. The summed E-state index contributed by atoms with van der Waals surface area (Å²) < 4.78 is 19.9. The summed E-state index contributed by atoms with van der Waals surface area (Å²) in [6.45, 7) is 11.6. The minimum absolute atomic E-state index is 0. The van der Waals surface area contributed by atoms with Gasteiger partial charge in [0.05, 0.1) is 12.2 Å². The van der Waals surface area contributed by atoms with E-state index < -0.39 is 24.6 Å². The van der Waals surface area contributed by atoms with Gasteiger partial charge in [0.1, 0.15) is 23.9 Å². The van der Waals surface area contributed by atoms with Crippen molar-refractivity contribution in [3.05, 3.63) is 46.8 Å². The average Bonchev–Trinajstić information content (AvgIpc) is 2.71. The number of carbonyl (C=O) groups is 1. The molecule has 2 atom stereocenters. The van der Waals surface area contributed by atoms with Crippen LogP contribution in [0.1, 0.15) is 88.8 Å². The van der Waals surface area contributed by atoms with Crippen LogP contribution in [0.15, 0.2) is 24.3 Å². The van der Waals surface area contributed by atoms with E-state index in [1.54, 1.807) is 12.1 Å². The van der Waals surface area contributed by atoms with Gasteiger partial charge in [0, 0.05) is 41.1 Å². The third kappa shape index (κ3) is 7.92. The summed E-state index contributed by atoms with van der Waals surface area (Å²) in [5.74, 6) is -1.26. The summed E-state index contributed by atoms with van der Waals surface area (Å²) in [7, 11) is 0. The average molecular weight is 499 g/mol. The second-order valence-electron chi connectivity index (χ2n) is 9.70. The Kier molecular flexibility index (Phi) is 12.2. The second kappa shape index (κ2) is 13.6. The number of ether oxygens (including phenoxy) is 1. The predicted octanol–water partition coefficient (Wildman–Crippen LogP) is 1.20. The fraction of sp³-hybridized carbons (Fsp3) is 0.519. The minimum atomic E-state index is -1.40. The molecule has 0 saturated heterocycles. The number of hydrogen-bond donors (Lipinski definition) is 3. The van der Waals surface area contributed by atoms with Gasteiger partial charge in [-0.3, -0.25) is 0 Å². The zero-order chi connectivity index (χ0) is 25.7. The Balaban J connectivity index is 0.00000612. The molecule has 0 unspecified atom stereocenters. The third-order valence-electron chi connectivity index (χ3n) is 5.77. The summed E-state index contributed by atoms with van der Waals surface area (Å²) in [5, 5.41) is 42.4. The van der Waals surface area contributed by atoms with Crippen LogP contribution in [0.25, 0.3) is 11.1 Å². The van der Waals surface area contributed by atoms with Crippen LogP contribution in [0.3, 0.4) is 0 Å². The Morgan fingerprint density at radius 1 is 0.914 bits per heavy atom. The molecule has 0 amide bonds. The number of halogens is 1. The first-order valence-corrected chi connectivity index (χ1v) is 11.7. The van der Waals surface area contributed by atoms with E-state index >= 15 is 0 Å². The topological polar surface area (TPSA) is 110 Å². The van der Waals surface area contributed by atoms with Crippen LogP contribution < -0.4 is 39.4 Å². The molecule has 3 N–H and O–H groups in total. The Labute approximate surface area is 229 Å². The smallest absolute Gasteiger partial charge is 0.550 e. The zero-order valence-corrected chi connectivity index (χ0v) is 23.8. The molecule has 0 aromatic heterocycles. The van der Waals surface area contributed by atoms with Crippen molar-refractivity contribution in [2.45, 2.75) is 84.3 Å². The zero-order valence-electron chi connectivity index (χ0n) is 21.8. The Morgan fingerprint density at radius 2 is 1.43 bits per heavy atom. The molecule has 0 saturated carbocycles. The summed E-state index contributed by atoms with van der Waals surface area (Å²) in [6, 6.07) is 5.94. The first-order chi connectivity index (χ1) is 15.8. The maximum Gasteiger partial charge on any atom is 1.00 e. The van der Waals surface area contributed by atoms with Gasteiger partial charge in [-0.2, -0.15) is 0 Å². The molecule has 0 aliphatic carbocycles. The Hall–Kier alpha value is -1.64. The van der Waals surface area contributed by atoms with Gasteiger partial charge in [0.2, 0.25) is 0 Å². The van der Waals surface area contributed by atoms with Crippen LogP contribution in [0.5, 0.6) is 11.5 Å². The van der Waals surface area contributed by atoms with Crippen molar-refractivity contribution in [2.24, 2.45) is 0 Å². The van der Waals surface area contributed by atoms with Crippen LogP contribution in [-0.4, -0.2) is 40.1 Å². The number of rotatable bonds is 11. The van der Waals surface area contributed by atoms with E-state index in [0.717, 1.165) is 11.1 Å². The molecule has 0 bridgehead atoms. The molecule has 0 radical (unpaired) electrons. The van der Waals surface area contributed by atoms with Crippen molar-refractivity contribution in [2.75, 3.05) is 6.61 Å². The largest absolute Gasteiger partial charge is 1.00 e. The SMILES string of the molecule is CC(C)c1c(O)c(C(C)C)c(C(C)C)c(OC[C@@H](O)C[C@@H](O)CC(=O)[O-])c1-c1ccc(F)cc1.[Na+]. The number of aromatic hydroxyl groups is 1. The molecule has 2 aromatic carbocycles. The van der Waals surface area contributed by atoms with Gasteiger partial charge in [0.15, 0.2) is 0 Å². The number of benzene rings is 2. The van der Waals surface area contributed by atoms with Crippen molar-refractivity contribution in [3.63, 3.8) is 0 Å². The van der Waals surface area contributed by atoms with Gasteiger partial charge in [0.25, 0.3) is 0 Å². The number of phenols is 1. The molecular weight excluding hydrogens is 462 g/mol. The van der Waals surface area contributed by atoms with E-state index in [1.165, 1.54) is 12.1 Å². The van der Waals surface area contributed by atoms with Gasteiger partial charge in [-0.05, 0) is 35.4 Å². The van der Waals surface area contributed by atoms with Gasteiger partial charge in [-0.1, -0.05) is 53.7 Å². The molecule has 8 heteroatoms. The van der Waals surface area contributed by atoms with Gasteiger partial charge in [-0.15, -0.1) is 0 Å². The summed E-state index contributed by atoms with van der Waals surface area (Å²) in [4.78, 5) is 10.7. The molecule has 0 aliphatic heterocycles. The van der Waals surface area contributed by atoms with Crippen molar-refractivity contribution >= 4 is 5.97 Å². The molecule has 2 aromatic rings. The van der Waals surface area contributed by atoms with Crippen LogP contribution in [0, 0.1) is 5.82 Å². The van der Waals surface area contributed by atoms with Crippen molar-refractivity contribution in [1.29, 1.82) is 0 Å². The molecular formula is C27H36FNaO6. The summed E-state index contributed by atoms with van der Waals surface area (Å²) >= 11 is 0. The minimum Gasteiger partial charge on any atom is -0.550 e. The predicted molar refractivity (Wildman–Crippen MR) is 128 cm³/mol. The quantitative estimate of drug-likeness (QED) is 0.402. The van der Waals surface area contributed by atoms with E-state index in [4.69, 9.17) is 4.74 Å². The van der Waals surface area contributed by atoms with E-state index in [1.807, 2.05) is 41.5 Å². The number of aliphatic hydroxyl groups is 2. The van der Waals surface area contributed by atoms with Gasteiger partial charge < -0.3 is 30.0 Å². The standard InChI is InChI=1S/C27H37FO6.Na/c1-14(2)22-24(16(5)6)27(34-13-20(30)11-19(29)12-21(31)32)25(23(15(3)4)26(22)33)17-7-9-18(28)10-8-17;/h7-10,14-16,19-20,29-30,33H,11-13H2,1-6H3,(H,31,32);/q;+1/p-1/t19-,20+;/m1./s1. The number of aliphatic carboxylic acids is 1. The summed E-state index contributed by atoms with van der Waals surface area (Å²) in [6.07, 6.45) is -3.16. The summed E-state index contributed by atoms with van der Waals surface area (Å²) in [5.41, 5.74) is 3.51. The van der Waals surface area contributed by atoms with Gasteiger partial charge >= 0.3 is 29.6 Å². The van der Waals surface area contributed by atoms with E-state index in [2.05, 4.69) is 0 Å². The van der Waals surface area contributed by atoms with Gasteiger partial charge in [-0.25, -0.2) is 4.39 Å². The molecule has 0 fully saturated rings. The van der Waals surface area contributed by atoms with Crippen molar-refractivity contribution < 1.29 is 63.9 Å². The number of hydrogen-bond acceptors (Lipinski definition) is 6. The van der Waals surface area contributed by atoms with Crippen LogP contribution >= 0.6 is 0 Å². The fourth-order valence-corrected chi connectivity index (χ4v) is 4.38. The molecule has 188 valence electrons. The van der Waals surface area contributed by atoms with Crippen molar-refractivity contribution in [1.82, 2.24) is 0 Å². The molecule has 2 rings (SSSR count). The Morgan fingerprint density at radius 3 is 1.89 bits per heavy atom. The van der Waals surface area contributed by atoms with Crippen LogP contribution in [0.4, 0.5) is 4.39 Å². The van der Waals surface area contributed by atoms with E-state index in [9.17, 15) is 29.6 Å². The second-order valence-corrected chi connectivity index (χ2v) is 9.70.